The van der Waals surface area contributed by atoms with Crippen LogP contribution in [0.5, 0.6) is 0 Å². The maximum atomic E-state index is 5.72. The fourth-order valence-electron chi connectivity index (χ4n) is 1.31. The van der Waals surface area contributed by atoms with Crippen LogP contribution in [0.25, 0.3) is 0 Å². The normalized spacial score (nSPS) is 10.5. The van der Waals surface area contributed by atoms with Crippen LogP contribution in [-0.4, -0.2) is 14.9 Å². The highest BCUT2D eigenvalue weighted by Gasteiger charge is 2.05. The Morgan fingerprint density at radius 3 is 2.93 bits per heavy atom. The van der Waals surface area contributed by atoms with Crippen molar-refractivity contribution in [1.29, 1.82) is 0 Å². The van der Waals surface area contributed by atoms with Crippen molar-refractivity contribution in [1.82, 2.24) is 14.9 Å². The van der Waals surface area contributed by atoms with E-state index in [4.69, 9.17) is 10.3 Å². The van der Waals surface area contributed by atoms with Gasteiger partial charge in [-0.05, 0) is 6.92 Å². The maximum absolute atomic E-state index is 5.72. The van der Waals surface area contributed by atoms with E-state index in [1.54, 1.807) is 10.9 Å². The van der Waals surface area contributed by atoms with Crippen molar-refractivity contribution in [2.24, 2.45) is 7.05 Å². The molecule has 2 aromatic rings. The van der Waals surface area contributed by atoms with E-state index in [1.165, 1.54) is 0 Å². The molecule has 0 aliphatic heterocycles. The SMILES string of the molecule is Cc1cc(CNc2nn(C)cc2N)on1. The third-order valence-corrected chi connectivity index (χ3v) is 1.96. The van der Waals surface area contributed by atoms with Gasteiger partial charge in [0.1, 0.15) is 0 Å². The van der Waals surface area contributed by atoms with Crippen molar-refractivity contribution in [3.05, 3.63) is 23.7 Å². The predicted octanol–water partition coefficient (Wildman–Crippen LogP) is 0.911. The Hall–Kier alpha value is -1.98. The van der Waals surface area contributed by atoms with Crippen LogP contribution < -0.4 is 11.1 Å². The summed E-state index contributed by atoms with van der Waals surface area (Å²) in [5.74, 6) is 1.42. The molecule has 0 fully saturated rings. The van der Waals surface area contributed by atoms with Gasteiger partial charge in [0.05, 0.1) is 17.9 Å². The Kier molecular flexibility index (Phi) is 2.32. The molecule has 0 amide bonds. The Balaban J connectivity index is 2.01. The van der Waals surface area contributed by atoms with Crippen molar-refractivity contribution in [3.8, 4) is 0 Å². The van der Waals surface area contributed by atoms with Gasteiger partial charge in [0.15, 0.2) is 11.6 Å². The number of nitrogens with two attached hydrogens (primary N) is 1. The van der Waals surface area contributed by atoms with Gasteiger partial charge in [-0.2, -0.15) is 5.10 Å². The second-order valence-corrected chi connectivity index (χ2v) is 3.39. The van der Waals surface area contributed by atoms with Crippen LogP contribution in [0.15, 0.2) is 16.8 Å². The standard InChI is InChI=1S/C9H13N5O/c1-6-3-7(15-13-6)4-11-9-8(10)5-14(2)12-9/h3,5H,4,10H2,1-2H3,(H,11,12). The number of nitrogens with one attached hydrogen (secondary N) is 1. The van der Waals surface area contributed by atoms with Gasteiger partial charge < -0.3 is 15.6 Å². The Bertz CT molecular complexity index is 459. The van der Waals surface area contributed by atoms with Crippen molar-refractivity contribution >= 4 is 11.5 Å². The Morgan fingerprint density at radius 1 is 1.60 bits per heavy atom. The third-order valence-electron chi connectivity index (χ3n) is 1.96. The lowest BCUT2D eigenvalue weighted by atomic mass is 10.4. The van der Waals surface area contributed by atoms with Gasteiger partial charge in [0.25, 0.3) is 0 Å². The average molecular weight is 207 g/mol. The summed E-state index contributed by atoms with van der Waals surface area (Å²) in [5.41, 5.74) is 7.20. The highest BCUT2D eigenvalue weighted by Crippen LogP contribution is 2.15. The number of nitrogens with zero attached hydrogens (tertiary/aromatic N) is 3. The van der Waals surface area contributed by atoms with Gasteiger partial charge in [-0.3, -0.25) is 4.68 Å². The first-order chi connectivity index (χ1) is 7.15. The molecule has 3 N–H and O–H groups in total. The van der Waals surface area contributed by atoms with Crippen LogP contribution >= 0.6 is 0 Å². The van der Waals surface area contributed by atoms with Crippen LogP contribution in [0, 0.1) is 6.92 Å². The predicted molar refractivity (Wildman–Crippen MR) is 56.2 cm³/mol. The van der Waals surface area contributed by atoms with Crippen LogP contribution in [0.3, 0.4) is 0 Å². The maximum Gasteiger partial charge on any atom is 0.171 e. The molecule has 0 saturated heterocycles. The van der Waals surface area contributed by atoms with Crippen LogP contribution in [0.1, 0.15) is 11.5 Å². The summed E-state index contributed by atoms with van der Waals surface area (Å²) in [6.45, 7) is 2.41. The summed E-state index contributed by atoms with van der Waals surface area (Å²) in [6, 6.07) is 1.87. The van der Waals surface area contributed by atoms with Gasteiger partial charge in [0, 0.05) is 19.3 Å². The zero-order valence-electron chi connectivity index (χ0n) is 8.69. The molecule has 0 spiro atoms. The molecule has 0 atom stereocenters. The number of aryl methyl sites for hydroxylation is 2. The lowest BCUT2D eigenvalue weighted by Crippen LogP contribution is -2.01. The van der Waals surface area contributed by atoms with Crippen molar-refractivity contribution in [3.63, 3.8) is 0 Å². The quantitative estimate of drug-likeness (QED) is 0.781. The minimum absolute atomic E-state index is 0.530. The molecule has 0 saturated carbocycles. The number of hydrogen-bond acceptors (Lipinski definition) is 5. The van der Waals surface area contributed by atoms with Gasteiger partial charge in [-0.25, -0.2) is 0 Å². The average Bonchev–Trinajstić information content (AvgIpc) is 2.70. The monoisotopic (exact) mass is 207 g/mol. The molecule has 0 aromatic carbocycles. The van der Waals surface area contributed by atoms with Gasteiger partial charge >= 0.3 is 0 Å². The van der Waals surface area contributed by atoms with E-state index in [2.05, 4.69) is 15.6 Å². The van der Waals surface area contributed by atoms with Crippen LogP contribution in [0.4, 0.5) is 11.5 Å². The molecule has 0 bridgehead atoms. The number of aromatic nitrogens is 3. The number of anilines is 2. The minimum atomic E-state index is 0.530. The topological polar surface area (TPSA) is 81.9 Å². The van der Waals surface area contributed by atoms with E-state index >= 15 is 0 Å². The number of rotatable bonds is 3. The summed E-state index contributed by atoms with van der Waals surface area (Å²) in [7, 11) is 1.82. The van der Waals surface area contributed by atoms with Gasteiger partial charge in [0.2, 0.25) is 0 Å². The second kappa shape index (κ2) is 3.64. The molecular formula is C9H13N5O. The first kappa shape index (κ1) is 9.57. The molecule has 0 radical (unpaired) electrons. The molecule has 0 aliphatic rings. The number of nitrogen functional groups attached to an aromatic ring is 1. The molecule has 2 heterocycles. The summed E-state index contributed by atoms with van der Waals surface area (Å²) in [5, 5.41) is 11.0. The summed E-state index contributed by atoms with van der Waals surface area (Å²) in [6.07, 6.45) is 1.74. The summed E-state index contributed by atoms with van der Waals surface area (Å²) < 4.78 is 6.70. The molecule has 80 valence electrons. The van der Waals surface area contributed by atoms with Crippen LogP contribution in [0.2, 0.25) is 0 Å². The minimum Gasteiger partial charge on any atom is -0.394 e. The lowest BCUT2D eigenvalue weighted by molar-refractivity contribution is 0.384. The van der Waals surface area contributed by atoms with Gasteiger partial charge in [-0.15, -0.1) is 0 Å². The lowest BCUT2D eigenvalue weighted by Gasteiger charge is -1.99. The van der Waals surface area contributed by atoms with E-state index in [1.807, 2.05) is 20.0 Å². The fourth-order valence-corrected chi connectivity index (χ4v) is 1.31. The molecule has 2 rings (SSSR count). The Labute approximate surface area is 87.0 Å². The second-order valence-electron chi connectivity index (χ2n) is 3.39. The Morgan fingerprint density at radius 2 is 2.40 bits per heavy atom. The largest absolute Gasteiger partial charge is 0.394 e. The molecule has 0 unspecified atom stereocenters. The molecule has 2 aromatic heterocycles. The fraction of sp³-hybridized carbons (Fsp3) is 0.333. The first-order valence-corrected chi connectivity index (χ1v) is 4.60. The highest BCUT2D eigenvalue weighted by atomic mass is 16.5. The number of hydrogen-bond donors (Lipinski definition) is 2. The van der Waals surface area contributed by atoms with E-state index in [0.717, 1.165) is 11.5 Å². The van der Waals surface area contributed by atoms with Crippen LogP contribution in [-0.2, 0) is 13.6 Å². The zero-order chi connectivity index (χ0) is 10.8. The molecular weight excluding hydrogens is 194 g/mol. The van der Waals surface area contributed by atoms with E-state index in [9.17, 15) is 0 Å². The van der Waals surface area contributed by atoms with Crippen molar-refractivity contribution < 1.29 is 4.52 Å². The third kappa shape index (κ3) is 2.09. The summed E-state index contributed by atoms with van der Waals surface area (Å²) in [4.78, 5) is 0. The van der Waals surface area contributed by atoms with Gasteiger partial charge in [-0.1, -0.05) is 5.16 Å². The molecule has 6 heteroatoms. The van der Waals surface area contributed by atoms with E-state index < -0.39 is 0 Å². The summed E-state index contributed by atoms with van der Waals surface area (Å²) >= 11 is 0. The van der Waals surface area contributed by atoms with Crippen molar-refractivity contribution in [2.75, 3.05) is 11.1 Å². The highest BCUT2D eigenvalue weighted by molar-refractivity contribution is 5.59. The van der Waals surface area contributed by atoms with E-state index in [0.29, 0.717) is 18.1 Å². The first-order valence-electron chi connectivity index (χ1n) is 4.60. The molecule has 6 nitrogen and oxygen atoms in total. The van der Waals surface area contributed by atoms with Crippen molar-refractivity contribution in [2.45, 2.75) is 13.5 Å². The molecule has 0 aliphatic carbocycles. The molecule has 15 heavy (non-hydrogen) atoms. The smallest absolute Gasteiger partial charge is 0.171 e. The van der Waals surface area contributed by atoms with E-state index in [-0.39, 0.29) is 0 Å². The zero-order valence-corrected chi connectivity index (χ0v) is 8.69.